The van der Waals surface area contributed by atoms with Gasteiger partial charge in [-0.3, -0.25) is 0 Å². The van der Waals surface area contributed by atoms with Crippen LogP contribution >= 0.6 is 0 Å². The second kappa shape index (κ2) is 4.49. The van der Waals surface area contributed by atoms with E-state index in [1.54, 1.807) is 0 Å². The first-order valence-electron chi connectivity index (χ1n) is 6.87. The van der Waals surface area contributed by atoms with E-state index in [4.69, 9.17) is 0 Å². The number of aryl methyl sites for hydroxylation is 1. The van der Waals surface area contributed by atoms with Gasteiger partial charge in [-0.25, -0.2) is 0 Å². The van der Waals surface area contributed by atoms with E-state index in [1.807, 2.05) is 0 Å². The summed E-state index contributed by atoms with van der Waals surface area (Å²) in [6.07, 6.45) is 5.29. The minimum Gasteiger partial charge on any atom is -0.388 e. The van der Waals surface area contributed by atoms with E-state index < -0.39 is 0 Å². The number of nitrogens with zero attached hydrogens (tertiary/aromatic N) is 1. The quantitative estimate of drug-likeness (QED) is 0.849. The monoisotopic (exact) mass is 235 g/mol. The lowest BCUT2D eigenvalue weighted by Gasteiger charge is -2.32. The van der Waals surface area contributed by atoms with Crippen LogP contribution in [0.15, 0.2) is 6.07 Å². The summed E-state index contributed by atoms with van der Waals surface area (Å²) in [6.45, 7) is 9.03. The third-order valence-electron chi connectivity index (χ3n) is 4.04. The maximum atomic E-state index is 10.1. The Hall–Kier alpha value is -0.760. The Morgan fingerprint density at radius 2 is 2.18 bits per heavy atom. The molecule has 0 spiro atoms. The van der Waals surface area contributed by atoms with Crippen molar-refractivity contribution in [1.29, 1.82) is 0 Å². The number of aromatic nitrogens is 1. The van der Waals surface area contributed by atoms with Gasteiger partial charge < -0.3 is 9.67 Å². The first kappa shape index (κ1) is 12.7. The van der Waals surface area contributed by atoms with Crippen LogP contribution in [0.1, 0.15) is 69.5 Å². The van der Waals surface area contributed by atoms with Crippen molar-refractivity contribution in [1.82, 2.24) is 4.57 Å². The summed E-state index contributed by atoms with van der Waals surface area (Å²) in [5.74, 6) is 0. The molecule has 2 heteroatoms. The molecule has 0 saturated carbocycles. The Bertz CT molecular complexity index is 403. The summed E-state index contributed by atoms with van der Waals surface area (Å²) in [6, 6.07) is 2.19. The molecule has 0 aromatic carbocycles. The molecule has 17 heavy (non-hydrogen) atoms. The van der Waals surface area contributed by atoms with E-state index in [1.165, 1.54) is 29.8 Å². The molecule has 0 amide bonds. The van der Waals surface area contributed by atoms with Gasteiger partial charge in [0.25, 0.3) is 0 Å². The predicted molar refractivity (Wildman–Crippen MR) is 71.3 cm³/mol. The maximum Gasteiger partial charge on any atom is 0.0807 e. The van der Waals surface area contributed by atoms with Crippen LogP contribution in [0.4, 0.5) is 0 Å². The fourth-order valence-corrected chi connectivity index (χ4v) is 3.44. The zero-order chi connectivity index (χ0) is 12.6. The lowest BCUT2D eigenvalue weighted by atomic mass is 9.93. The van der Waals surface area contributed by atoms with Gasteiger partial charge in [0.05, 0.1) is 6.10 Å². The predicted octanol–water partition coefficient (Wildman–Crippen LogP) is 3.70. The number of fused-ring (bicyclic) bond motifs is 1. The van der Waals surface area contributed by atoms with Gasteiger partial charge in [-0.15, -0.1) is 0 Å². The van der Waals surface area contributed by atoms with Crippen LogP contribution < -0.4 is 0 Å². The Morgan fingerprint density at radius 3 is 2.82 bits per heavy atom. The average molecular weight is 235 g/mol. The lowest BCUT2D eigenvalue weighted by Crippen LogP contribution is -2.29. The standard InChI is InChI=1S/C15H25NO/c1-5-9-15(3,4)16-11(2)10-12-13(16)7-6-8-14(12)17/h10,14,17H,5-9H2,1-4H3. The van der Waals surface area contributed by atoms with Crippen LogP contribution in [0.3, 0.4) is 0 Å². The molecule has 1 aromatic rings. The maximum absolute atomic E-state index is 10.1. The zero-order valence-electron chi connectivity index (χ0n) is 11.6. The first-order valence-corrected chi connectivity index (χ1v) is 6.87. The minimum atomic E-state index is -0.240. The molecule has 0 fully saturated rings. The molecule has 1 atom stereocenters. The van der Waals surface area contributed by atoms with Crippen LogP contribution in [0, 0.1) is 6.92 Å². The molecule has 1 aliphatic carbocycles. The molecule has 1 N–H and O–H groups in total. The van der Waals surface area contributed by atoms with E-state index in [9.17, 15) is 5.11 Å². The van der Waals surface area contributed by atoms with Crippen molar-refractivity contribution < 1.29 is 5.11 Å². The van der Waals surface area contributed by atoms with Crippen molar-refractivity contribution >= 4 is 0 Å². The highest BCUT2D eigenvalue weighted by Crippen LogP contribution is 2.36. The molecular formula is C15H25NO. The molecule has 1 heterocycles. The van der Waals surface area contributed by atoms with Crippen LogP contribution in [0.2, 0.25) is 0 Å². The van der Waals surface area contributed by atoms with Gasteiger partial charge in [0.15, 0.2) is 0 Å². The van der Waals surface area contributed by atoms with E-state index in [0.717, 1.165) is 19.3 Å². The summed E-state index contributed by atoms with van der Waals surface area (Å²) < 4.78 is 2.47. The normalized spacial score (nSPS) is 20.4. The van der Waals surface area contributed by atoms with E-state index >= 15 is 0 Å². The van der Waals surface area contributed by atoms with E-state index in [2.05, 4.69) is 38.3 Å². The third-order valence-corrected chi connectivity index (χ3v) is 4.04. The first-order chi connectivity index (χ1) is 7.97. The summed E-state index contributed by atoms with van der Waals surface area (Å²) in [5.41, 5.74) is 4.02. The van der Waals surface area contributed by atoms with Gasteiger partial charge in [0.2, 0.25) is 0 Å². The molecule has 2 rings (SSSR count). The third kappa shape index (κ3) is 2.15. The summed E-state index contributed by atoms with van der Waals surface area (Å²) in [7, 11) is 0. The summed E-state index contributed by atoms with van der Waals surface area (Å²) in [4.78, 5) is 0. The molecular weight excluding hydrogens is 210 g/mol. The van der Waals surface area contributed by atoms with Gasteiger partial charge in [-0.05, 0) is 52.5 Å². The van der Waals surface area contributed by atoms with Crippen molar-refractivity contribution in [2.24, 2.45) is 0 Å². The van der Waals surface area contributed by atoms with Crippen molar-refractivity contribution in [3.05, 3.63) is 23.0 Å². The molecule has 0 bridgehead atoms. The fourth-order valence-electron chi connectivity index (χ4n) is 3.44. The molecule has 0 saturated heterocycles. The number of hydrogen-bond acceptors (Lipinski definition) is 1. The van der Waals surface area contributed by atoms with E-state index in [-0.39, 0.29) is 11.6 Å². The van der Waals surface area contributed by atoms with Crippen LogP contribution in [0.5, 0.6) is 0 Å². The fraction of sp³-hybridized carbons (Fsp3) is 0.733. The SMILES string of the molecule is CCCC(C)(C)n1c(C)cc2c1CCCC2O. The van der Waals surface area contributed by atoms with Gasteiger partial charge >= 0.3 is 0 Å². The molecule has 96 valence electrons. The minimum absolute atomic E-state index is 0.170. The molecule has 1 unspecified atom stereocenters. The largest absolute Gasteiger partial charge is 0.388 e. The topological polar surface area (TPSA) is 25.2 Å². The van der Waals surface area contributed by atoms with Gasteiger partial charge in [0, 0.05) is 22.5 Å². The van der Waals surface area contributed by atoms with Gasteiger partial charge in [-0.2, -0.15) is 0 Å². The van der Waals surface area contributed by atoms with Crippen LogP contribution in [-0.4, -0.2) is 9.67 Å². The van der Waals surface area contributed by atoms with Crippen LogP contribution in [0.25, 0.3) is 0 Å². The number of aliphatic hydroxyl groups excluding tert-OH is 1. The molecule has 1 aromatic heterocycles. The molecule has 1 aliphatic rings. The number of rotatable bonds is 3. The Balaban J connectivity index is 2.47. The molecule has 0 aliphatic heterocycles. The van der Waals surface area contributed by atoms with Crippen LogP contribution in [-0.2, 0) is 12.0 Å². The highest BCUT2D eigenvalue weighted by molar-refractivity contribution is 5.33. The smallest absolute Gasteiger partial charge is 0.0807 e. The Morgan fingerprint density at radius 1 is 1.47 bits per heavy atom. The lowest BCUT2D eigenvalue weighted by molar-refractivity contribution is 0.154. The Kier molecular flexibility index (Phi) is 3.35. The second-order valence-electron chi connectivity index (χ2n) is 5.99. The highest BCUT2D eigenvalue weighted by Gasteiger charge is 2.29. The van der Waals surface area contributed by atoms with Crippen molar-refractivity contribution in [2.75, 3.05) is 0 Å². The average Bonchev–Trinajstić information content (AvgIpc) is 2.56. The van der Waals surface area contributed by atoms with Crippen molar-refractivity contribution in [3.8, 4) is 0 Å². The zero-order valence-corrected chi connectivity index (χ0v) is 11.6. The molecule has 2 nitrogen and oxygen atoms in total. The summed E-state index contributed by atoms with van der Waals surface area (Å²) in [5, 5.41) is 10.1. The summed E-state index contributed by atoms with van der Waals surface area (Å²) >= 11 is 0. The van der Waals surface area contributed by atoms with Crippen molar-refractivity contribution in [2.45, 2.75) is 71.4 Å². The number of aliphatic hydroxyl groups is 1. The number of hydrogen-bond donors (Lipinski definition) is 1. The van der Waals surface area contributed by atoms with E-state index in [0.29, 0.717) is 0 Å². The van der Waals surface area contributed by atoms with Gasteiger partial charge in [-0.1, -0.05) is 13.3 Å². The van der Waals surface area contributed by atoms with Crippen molar-refractivity contribution in [3.63, 3.8) is 0 Å². The molecule has 0 radical (unpaired) electrons. The van der Waals surface area contributed by atoms with Gasteiger partial charge in [0.1, 0.15) is 0 Å². The highest BCUT2D eigenvalue weighted by atomic mass is 16.3. The second-order valence-corrected chi connectivity index (χ2v) is 5.99. The Labute approximate surface area is 105 Å².